The van der Waals surface area contributed by atoms with Crippen LogP contribution in [-0.2, 0) is 4.66 Å². The molecule has 0 spiro atoms. The second-order valence-corrected chi connectivity index (χ2v) is 19.8. The van der Waals surface area contributed by atoms with Crippen molar-refractivity contribution in [3.05, 3.63) is 47.5 Å². The first kappa shape index (κ1) is 19.4. The maximum absolute atomic E-state index is 9.91. The Labute approximate surface area is 152 Å². The van der Waals surface area contributed by atoms with Crippen LogP contribution in [0.2, 0.25) is 39.3 Å². The van der Waals surface area contributed by atoms with Gasteiger partial charge in [0.15, 0.2) is 0 Å². The first-order valence-corrected chi connectivity index (χ1v) is 15.5. The fraction of sp³-hybridized carbons (Fsp3) is 0.368. The van der Waals surface area contributed by atoms with E-state index >= 15 is 0 Å². The fourth-order valence-corrected chi connectivity index (χ4v) is 17.7. The molecule has 2 rings (SSSR count). The summed E-state index contributed by atoms with van der Waals surface area (Å²) >= 11 is 0. The fourth-order valence-electron chi connectivity index (χ4n) is 4.60. The van der Waals surface area contributed by atoms with Crippen LogP contribution in [0.15, 0.2) is 36.4 Å². The van der Waals surface area contributed by atoms with Gasteiger partial charge in [0.25, 0.3) is 0 Å². The molecule has 6 N–H and O–H groups in total. The Kier molecular flexibility index (Phi) is 4.74. The van der Waals surface area contributed by atoms with Crippen LogP contribution < -0.4 is 11.5 Å². The molecule has 0 aliphatic heterocycles. The number of hydrogen-bond acceptors (Lipinski definition) is 4. The highest BCUT2D eigenvalue weighted by Gasteiger charge is 2.55. The minimum Gasteiger partial charge on any atom is -0.506 e. The lowest BCUT2D eigenvalue weighted by molar-refractivity contribution is 0.477. The molecular formula is C19H30N2O2Si2. The number of benzene rings is 2. The van der Waals surface area contributed by atoms with Crippen LogP contribution in [0.3, 0.4) is 0 Å². The molecule has 0 saturated heterocycles. The molecule has 0 amide bonds. The Morgan fingerprint density at radius 2 is 1.00 bits per heavy atom. The summed E-state index contributed by atoms with van der Waals surface area (Å²) in [5.41, 5.74) is 15.2. The third-order valence-corrected chi connectivity index (χ3v) is 15.3. The summed E-state index contributed by atoms with van der Waals surface area (Å²) in [7, 11) is -3.69. The minimum absolute atomic E-state index is 0.106. The zero-order chi connectivity index (χ0) is 19.2. The Hall–Kier alpha value is -1.93. The number of aromatic hydroxyl groups is 2. The van der Waals surface area contributed by atoms with E-state index in [4.69, 9.17) is 11.5 Å². The van der Waals surface area contributed by atoms with E-state index in [9.17, 15) is 10.2 Å². The van der Waals surface area contributed by atoms with E-state index in [2.05, 4.69) is 39.3 Å². The smallest absolute Gasteiger partial charge is 0.138 e. The number of nitrogens with two attached hydrogens (primary N) is 2. The molecule has 0 heterocycles. The second-order valence-electron chi connectivity index (χ2n) is 8.80. The molecule has 0 unspecified atom stereocenters. The molecule has 0 radical (unpaired) electrons. The molecule has 0 aliphatic carbocycles. The summed E-state index contributed by atoms with van der Waals surface area (Å²) in [6.45, 7) is 14.2. The van der Waals surface area contributed by atoms with Gasteiger partial charge in [-0.05, 0) is 35.4 Å². The third kappa shape index (κ3) is 3.04. The highest BCUT2D eigenvalue weighted by Crippen LogP contribution is 2.49. The van der Waals surface area contributed by atoms with Gasteiger partial charge in [0.2, 0.25) is 0 Å². The topological polar surface area (TPSA) is 92.5 Å². The monoisotopic (exact) mass is 374 g/mol. The summed E-state index contributed by atoms with van der Waals surface area (Å²) in [6, 6.07) is 11.2. The van der Waals surface area contributed by atoms with Crippen LogP contribution in [-0.4, -0.2) is 26.4 Å². The van der Waals surface area contributed by atoms with Crippen molar-refractivity contribution in [1.29, 1.82) is 0 Å². The number of phenols is 2. The van der Waals surface area contributed by atoms with Gasteiger partial charge in [0, 0.05) is 4.66 Å². The van der Waals surface area contributed by atoms with Gasteiger partial charge in [-0.15, -0.1) is 0 Å². The Bertz CT molecular complexity index is 725. The van der Waals surface area contributed by atoms with Crippen molar-refractivity contribution >= 4 is 27.5 Å². The van der Waals surface area contributed by atoms with Crippen molar-refractivity contribution in [1.82, 2.24) is 0 Å². The molecule has 2 aromatic rings. The maximum Gasteiger partial charge on any atom is 0.138 e. The van der Waals surface area contributed by atoms with Crippen molar-refractivity contribution in [3.63, 3.8) is 0 Å². The Balaban J connectivity index is 2.96. The van der Waals surface area contributed by atoms with E-state index < -0.39 is 16.1 Å². The number of nitrogen functional groups attached to an aromatic ring is 2. The summed E-state index contributed by atoms with van der Waals surface area (Å²) in [5.74, 6) is 0.211. The molecule has 0 atom stereocenters. The molecule has 136 valence electrons. The molecule has 0 aromatic heterocycles. The second kappa shape index (κ2) is 6.10. The molecule has 0 fully saturated rings. The zero-order valence-corrected chi connectivity index (χ0v) is 18.0. The highest BCUT2D eigenvalue weighted by molar-refractivity contribution is 6.99. The van der Waals surface area contributed by atoms with Crippen LogP contribution in [0.25, 0.3) is 0 Å². The van der Waals surface area contributed by atoms with E-state index in [-0.39, 0.29) is 16.2 Å². The van der Waals surface area contributed by atoms with Gasteiger partial charge in [-0.3, -0.25) is 0 Å². The van der Waals surface area contributed by atoms with Crippen molar-refractivity contribution in [3.8, 4) is 11.5 Å². The summed E-state index contributed by atoms with van der Waals surface area (Å²) in [6.07, 6.45) is 0. The quantitative estimate of drug-likeness (QED) is 0.365. The minimum atomic E-state index is -1.85. The lowest BCUT2D eigenvalue weighted by Gasteiger charge is -2.53. The normalized spacial score (nSPS) is 13.0. The number of anilines is 2. The van der Waals surface area contributed by atoms with E-state index in [1.165, 1.54) is 0 Å². The summed E-state index contributed by atoms with van der Waals surface area (Å²) < 4.78 is -0.177. The number of rotatable bonds is 4. The van der Waals surface area contributed by atoms with Crippen LogP contribution >= 0.6 is 0 Å². The van der Waals surface area contributed by atoms with Gasteiger partial charge in [-0.2, -0.15) is 0 Å². The highest BCUT2D eigenvalue weighted by atomic mass is 28.4. The predicted molar refractivity (Wildman–Crippen MR) is 113 cm³/mol. The SMILES string of the molecule is C[Si](C)(C)C(c1ccc(O)c(N)c1)(c1ccc(O)c(N)c1)[Si](C)(C)C. The largest absolute Gasteiger partial charge is 0.506 e. The molecule has 6 heteroatoms. The zero-order valence-electron chi connectivity index (χ0n) is 16.0. The first-order chi connectivity index (χ1) is 11.3. The summed E-state index contributed by atoms with van der Waals surface area (Å²) in [5, 5.41) is 19.8. The van der Waals surface area contributed by atoms with E-state index in [0.717, 1.165) is 11.1 Å². The van der Waals surface area contributed by atoms with Gasteiger partial charge in [-0.25, -0.2) is 0 Å². The average molecular weight is 375 g/mol. The molecule has 0 bridgehead atoms. The number of phenolic OH excluding ortho intramolecular Hbond substituents is 2. The van der Waals surface area contributed by atoms with Gasteiger partial charge in [0.05, 0.1) is 27.5 Å². The van der Waals surface area contributed by atoms with Crippen LogP contribution in [0.5, 0.6) is 11.5 Å². The molecule has 4 nitrogen and oxygen atoms in total. The first-order valence-electron chi connectivity index (χ1n) is 8.50. The summed E-state index contributed by atoms with van der Waals surface area (Å²) in [4.78, 5) is 0. The van der Waals surface area contributed by atoms with E-state index in [0.29, 0.717) is 11.4 Å². The van der Waals surface area contributed by atoms with Crippen LogP contribution in [0.1, 0.15) is 11.1 Å². The number of hydrogen-bond donors (Lipinski definition) is 4. The molecule has 2 aromatic carbocycles. The van der Waals surface area contributed by atoms with Crippen LogP contribution in [0.4, 0.5) is 11.4 Å². The van der Waals surface area contributed by atoms with E-state index in [1.54, 1.807) is 12.1 Å². The molecular weight excluding hydrogens is 344 g/mol. The van der Waals surface area contributed by atoms with Gasteiger partial charge in [0.1, 0.15) is 11.5 Å². The predicted octanol–water partition coefficient (Wildman–Crippen LogP) is 4.30. The van der Waals surface area contributed by atoms with Crippen molar-refractivity contribution in [2.24, 2.45) is 0 Å². The van der Waals surface area contributed by atoms with E-state index in [1.807, 2.05) is 24.3 Å². The van der Waals surface area contributed by atoms with Gasteiger partial charge in [-0.1, -0.05) is 51.4 Å². The molecule has 0 aliphatic rings. The van der Waals surface area contributed by atoms with Gasteiger partial charge < -0.3 is 21.7 Å². The lowest BCUT2D eigenvalue weighted by atomic mass is 10.0. The van der Waals surface area contributed by atoms with Crippen molar-refractivity contribution in [2.45, 2.75) is 43.9 Å². The lowest BCUT2D eigenvalue weighted by Crippen LogP contribution is -2.64. The standard InChI is InChI=1S/C19H30N2O2Si2/c1-24(2,3)19(25(4,5)6,13-7-9-17(22)15(20)11-13)14-8-10-18(23)16(21)12-14/h7-12,22-23H,20-21H2,1-6H3. The Morgan fingerprint density at radius 3 is 1.24 bits per heavy atom. The van der Waals surface area contributed by atoms with Gasteiger partial charge >= 0.3 is 0 Å². The maximum atomic E-state index is 9.91. The van der Waals surface area contributed by atoms with Crippen LogP contribution in [0, 0.1) is 0 Å². The molecule has 0 saturated carbocycles. The van der Waals surface area contributed by atoms with Crippen molar-refractivity contribution in [2.75, 3.05) is 11.5 Å². The third-order valence-electron chi connectivity index (χ3n) is 5.17. The average Bonchev–Trinajstić information content (AvgIpc) is 2.44. The van der Waals surface area contributed by atoms with Crippen molar-refractivity contribution < 1.29 is 10.2 Å². The molecule has 25 heavy (non-hydrogen) atoms. The Morgan fingerprint density at radius 1 is 0.680 bits per heavy atom.